The first-order chi connectivity index (χ1) is 6.77. The third-order valence-electron chi connectivity index (χ3n) is 2.10. The van der Waals surface area contributed by atoms with Crippen LogP contribution in [0.4, 0.5) is 0 Å². The number of hydrogen-bond donors (Lipinski definition) is 1. The predicted molar refractivity (Wildman–Crippen MR) is 58.4 cm³/mol. The molecule has 2 aromatic rings. The maximum atomic E-state index is 10.9. The van der Waals surface area contributed by atoms with Gasteiger partial charge in [0.25, 0.3) is 0 Å². The number of rotatable bonds is 2. The number of phenols is 1. The molecule has 0 unspecified atom stereocenters. The van der Waals surface area contributed by atoms with E-state index in [-0.39, 0.29) is 11.6 Å². The van der Waals surface area contributed by atoms with E-state index in [9.17, 15) is 9.90 Å². The van der Waals surface area contributed by atoms with Crippen molar-refractivity contribution in [1.82, 2.24) is 0 Å². The molecule has 14 heavy (non-hydrogen) atoms. The average Bonchev–Trinajstić information content (AvgIpc) is 2.66. The Labute approximate surface area is 89.7 Å². The van der Waals surface area contributed by atoms with E-state index >= 15 is 0 Å². The third-order valence-corrected chi connectivity index (χ3v) is 3.34. The lowest BCUT2D eigenvalue weighted by molar-refractivity contribution is 0.112. The highest BCUT2D eigenvalue weighted by atomic mass is 35.5. The lowest BCUT2D eigenvalue weighted by Crippen LogP contribution is -1.89. The zero-order valence-corrected chi connectivity index (χ0v) is 8.73. The van der Waals surface area contributed by atoms with Crippen LogP contribution in [-0.4, -0.2) is 11.4 Å². The normalized spacial score (nSPS) is 10.6. The van der Waals surface area contributed by atoms with Gasteiger partial charge in [0.05, 0.1) is 0 Å². The van der Waals surface area contributed by atoms with Crippen LogP contribution in [0, 0.1) is 0 Å². The minimum atomic E-state index is 0.183. The fourth-order valence-electron chi connectivity index (χ4n) is 1.43. The summed E-state index contributed by atoms with van der Waals surface area (Å²) < 4.78 is 0.802. The SMILES string of the molecule is O=Cc1c(CCl)cc(O)c2ccsc12. The van der Waals surface area contributed by atoms with Crippen molar-refractivity contribution in [1.29, 1.82) is 0 Å². The second-order valence-electron chi connectivity index (χ2n) is 2.88. The molecule has 0 radical (unpaired) electrons. The molecule has 0 atom stereocenters. The molecule has 0 spiro atoms. The summed E-state index contributed by atoms with van der Waals surface area (Å²) in [7, 11) is 0. The summed E-state index contributed by atoms with van der Waals surface area (Å²) in [4.78, 5) is 10.9. The van der Waals surface area contributed by atoms with E-state index in [4.69, 9.17) is 11.6 Å². The number of benzene rings is 1. The maximum Gasteiger partial charge on any atom is 0.151 e. The molecule has 0 amide bonds. The van der Waals surface area contributed by atoms with Crippen LogP contribution in [-0.2, 0) is 5.88 Å². The number of carbonyl (C=O) groups excluding carboxylic acids is 1. The fraction of sp³-hybridized carbons (Fsp3) is 0.100. The van der Waals surface area contributed by atoms with Crippen LogP contribution in [0.2, 0.25) is 0 Å². The first-order valence-electron chi connectivity index (χ1n) is 4.01. The third kappa shape index (κ3) is 1.29. The molecule has 0 fully saturated rings. The molecular formula is C10H7ClO2S. The Kier molecular flexibility index (Phi) is 2.44. The van der Waals surface area contributed by atoms with Gasteiger partial charge >= 0.3 is 0 Å². The number of aldehydes is 1. The monoisotopic (exact) mass is 226 g/mol. The van der Waals surface area contributed by atoms with Gasteiger partial charge in [-0.05, 0) is 23.1 Å². The van der Waals surface area contributed by atoms with E-state index in [1.807, 2.05) is 5.38 Å². The van der Waals surface area contributed by atoms with Gasteiger partial charge in [0, 0.05) is 21.5 Å². The average molecular weight is 227 g/mol. The van der Waals surface area contributed by atoms with Gasteiger partial charge in [0.2, 0.25) is 0 Å². The number of carbonyl (C=O) groups is 1. The molecule has 1 heterocycles. The van der Waals surface area contributed by atoms with Crippen molar-refractivity contribution in [2.75, 3.05) is 0 Å². The number of halogens is 1. The number of alkyl halides is 1. The molecule has 0 bridgehead atoms. The summed E-state index contributed by atoms with van der Waals surface area (Å²) in [6.45, 7) is 0. The fourth-order valence-corrected chi connectivity index (χ4v) is 2.59. The number of fused-ring (bicyclic) bond motifs is 1. The Morgan fingerprint density at radius 2 is 2.36 bits per heavy atom. The summed E-state index contributed by atoms with van der Waals surface area (Å²) in [5.74, 6) is 0.414. The van der Waals surface area contributed by atoms with E-state index < -0.39 is 0 Å². The Morgan fingerprint density at radius 1 is 1.57 bits per heavy atom. The summed E-state index contributed by atoms with van der Waals surface area (Å²) in [6, 6.07) is 3.34. The summed E-state index contributed by atoms with van der Waals surface area (Å²) >= 11 is 7.12. The summed E-state index contributed by atoms with van der Waals surface area (Å²) in [5, 5.41) is 12.2. The van der Waals surface area contributed by atoms with Gasteiger partial charge in [-0.25, -0.2) is 0 Å². The maximum absolute atomic E-state index is 10.9. The molecule has 0 aliphatic rings. The van der Waals surface area contributed by atoms with Crippen molar-refractivity contribution in [2.45, 2.75) is 5.88 Å². The molecule has 2 rings (SSSR count). The van der Waals surface area contributed by atoms with Crippen molar-refractivity contribution < 1.29 is 9.90 Å². The lowest BCUT2D eigenvalue weighted by Gasteiger charge is -2.03. The molecule has 1 aromatic heterocycles. The zero-order valence-electron chi connectivity index (χ0n) is 7.16. The van der Waals surface area contributed by atoms with Crippen LogP contribution in [0.25, 0.3) is 10.1 Å². The van der Waals surface area contributed by atoms with Crippen molar-refractivity contribution >= 4 is 39.3 Å². The number of hydrogen-bond acceptors (Lipinski definition) is 3. The van der Waals surface area contributed by atoms with Gasteiger partial charge in [0.1, 0.15) is 5.75 Å². The van der Waals surface area contributed by atoms with Crippen LogP contribution < -0.4 is 0 Å². The number of aromatic hydroxyl groups is 1. The second-order valence-corrected chi connectivity index (χ2v) is 4.07. The smallest absolute Gasteiger partial charge is 0.151 e. The van der Waals surface area contributed by atoms with Crippen molar-refractivity contribution in [2.24, 2.45) is 0 Å². The highest BCUT2D eigenvalue weighted by molar-refractivity contribution is 7.17. The van der Waals surface area contributed by atoms with Crippen molar-refractivity contribution in [3.05, 3.63) is 28.6 Å². The van der Waals surface area contributed by atoms with Gasteiger partial charge in [-0.2, -0.15) is 0 Å². The van der Waals surface area contributed by atoms with Crippen LogP contribution in [0.1, 0.15) is 15.9 Å². The summed E-state index contributed by atoms with van der Waals surface area (Å²) in [6.07, 6.45) is 0.788. The Balaban J connectivity index is 2.88. The van der Waals surface area contributed by atoms with Gasteiger partial charge in [0.15, 0.2) is 6.29 Å². The lowest BCUT2D eigenvalue weighted by atomic mass is 10.1. The second kappa shape index (κ2) is 3.59. The molecule has 1 aromatic carbocycles. The first kappa shape index (κ1) is 9.49. The molecule has 0 aliphatic carbocycles. The Bertz CT molecular complexity index is 490. The van der Waals surface area contributed by atoms with Crippen molar-refractivity contribution in [3.8, 4) is 5.75 Å². The molecule has 4 heteroatoms. The quantitative estimate of drug-likeness (QED) is 0.631. The highest BCUT2D eigenvalue weighted by Crippen LogP contribution is 2.34. The van der Waals surface area contributed by atoms with Gasteiger partial charge in [-0.3, -0.25) is 4.79 Å². The van der Waals surface area contributed by atoms with E-state index in [0.29, 0.717) is 16.5 Å². The van der Waals surface area contributed by atoms with Crippen LogP contribution >= 0.6 is 22.9 Å². The minimum Gasteiger partial charge on any atom is -0.507 e. The van der Waals surface area contributed by atoms with Crippen LogP contribution in [0.5, 0.6) is 5.75 Å². The molecule has 2 nitrogen and oxygen atoms in total. The molecule has 0 aliphatic heterocycles. The minimum absolute atomic E-state index is 0.183. The predicted octanol–water partition coefficient (Wildman–Crippen LogP) is 3.16. The molecular weight excluding hydrogens is 220 g/mol. The van der Waals surface area contributed by atoms with Gasteiger partial charge < -0.3 is 5.11 Å². The first-order valence-corrected chi connectivity index (χ1v) is 5.42. The molecule has 0 saturated heterocycles. The Morgan fingerprint density at radius 3 is 3.00 bits per heavy atom. The zero-order chi connectivity index (χ0) is 10.1. The van der Waals surface area contributed by atoms with Crippen LogP contribution in [0.15, 0.2) is 17.5 Å². The largest absolute Gasteiger partial charge is 0.507 e. The van der Waals surface area contributed by atoms with E-state index in [0.717, 1.165) is 11.0 Å². The van der Waals surface area contributed by atoms with Gasteiger partial charge in [-0.15, -0.1) is 22.9 Å². The highest BCUT2D eigenvalue weighted by Gasteiger charge is 2.11. The van der Waals surface area contributed by atoms with E-state index in [1.165, 1.54) is 11.3 Å². The molecule has 0 saturated carbocycles. The van der Waals surface area contributed by atoms with E-state index in [1.54, 1.807) is 12.1 Å². The summed E-state index contributed by atoms with van der Waals surface area (Å²) in [5.41, 5.74) is 1.26. The topological polar surface area (TPSA) is 37.3 Å². The van der Waals surface area contributed by atoms with Gasteiger partial charge in [-0.1, -0.05) is 0 Å². The molecule has 72 valence electrons. The van der Waals surface area contributed by atoms with Crippen molar-refractivity contribution in [3.63, 3.8) is 0 Å². The standard InChI is InChI=1S/C10H7ClO2S/c11-4-6-3-9(13)7-1-2-14-10(7)8(6)5-12/h1-3,5,13H,4H2. The van der Waals surface area contributed by atoms with Crippen LogP contribution in [0.3, 0.4) is 0 Å². The molecule has 1 N–H and O–H groups in total. The number of phenolic OH excluding ortho intramolecular Hbond substituents is 1. The number of thiophene rings is 1. The Hall–Kier alpha value is -1.06. The van der Waals surface area contributed by atoms with E-state index in [2.05, 4.69) is 0 Å².